The summed E-state index contributed by atoms with van der Waals surface area (Å²) in [6.07, 6.45) is 6.83. The van der Waals surface area contributed by atoms with Gasteiger partial charge in [-0.2, -0.15) is 0 Å². The molecule has 0 radical (unpaired) electrons. The number of terminal acetylenes is 1. The van der Waals surface area contributed by atoms with Crippen LogP contribution in [-0.4, -0.2) is 23.0 Å². The Hall–Kier alpha value is -1.50. The van der Waals surface area contributed by atoms with E-state index in [9.17, 15) is 14.7 Å². The van der Waals surface area contributed by atoms with Crippen molar-refractivity contribution in [1.82, 2.24) is 5.32 Å². The highest BCUT2D eigenvalue weighted by molar-refractivity contribution is 5.85. The molecule has 0 aliphatic rings. The molecule has 0 aliphatic carbocycles. The molecule has 0 aromatic carbocycles. The van der Waals surface area contributed by atoms with Crippen LogP contribution in [0.25, 0.3) is 0 Å². The second-order valence-corrected chi connectivity index (χ2v) is 5.13. The third kappa shape index (κ3) is 4.40. The summed E-state index contributed by atoms with van der Waals surface area (Å²) in [6.45, 7) is 7.16. The summed E-state index contributed by atoms with van der Waals surface area (Å²) in [4.78, 5) is 23.1. The van der Waals surface area contributed by atoms with Gasteiger partial charge in [-0.15, -0.1) is 6.42 Å². The maximum atomic E-state index is 11.8. The fourth-order valence-electron chi connectivity index (χ4n) is 1.59. The van der Waals surface area contributed by atoms with Crippen molar-refractivity contribution in [2.24, 2.45) is 11.3 Å². The van der Waals surface area contributed by atoms with Crippen LogP contribution in [0.3, 0.4) is 0 Å². The first kappa shape index (κ1) is 16.5. The van der Waals surface area contributed by atoms with Crippen molar-refractivity contribution in [3.05, 3.63) is 0 Å². The van der Waals surface area contributed by atoms with Gasteiger partial charge in [-0.05, 0) is 19.3 Å². The predicted molar refractivity (Wildman–Crippen MR) is 70.9 cm³/mol. The SMILES string of the molecule is C#CC(CCC)NC(=O)CC(C)(C(=O)O)C(C)C. The third-order valence-corrected chi connectivity index (χ3v) is 3.40. The molecule has 0 aliphatic heterocycles. The molecule has 0 saturated carbocycles. The molecule has 0 aromatic rings. The number of rotatable bonds is 7. The molecule has 4 heteroatoms. The number of carboxylic acids is 1. The van der Waals surface area contributed by atoms with Gasteiger partial charge in [-0.3, -0.25) is 9.59 Å². The summed E-state index contributed by atoms with van der Waals surface area (Å²) < 4.78 is 0. The van der Waals surface area contributed by atoms with E-state index in [0.717, 1.165) is 6.42 Å². The Bertz CT molecular complexity index is 343. The van der Waals surface area contributed by atoms with E-state index >= 15 is 0 Å². The maximum Gasteiger partial charge on any atom is 0.310 e. The molecule has 2 N–H and O–H groups in total. The van der Waals surface area contributed by atoms with Gasteiger partial charge in [-0.1, -0.05) is 33.1 Å². The van der Waals surface area contributed by atoms with Crippen molar-refractivity contribution in [3.63, 3.8) is 0 Å². The van der Waals surface area contributed by atoms with Crippen LogP contribution in [0.1, 0.15) is 47.0 Å². The summed E-state index contributed by atoms with van der Waals surface area (Å²) in [5, 5.41) is 11.9. The zero-order valence-corrected chi connectivity index (χ0v) is 11.6. The number of amides is 1. The second kappa shape index (κ2) is 7.05. The van der Waals surface area contributed by atoms with Crippen LogP contribution < -0.4 is 5.32 Å². The standard InChI is InChI=1S/C14H23NO3/c1-6-8-11(7-2)15-12(16)9-14(5,10(3)4)13(17)18/h2,10-11H,6,8-9H2,1,3-5H3,(H,15,16)(H,17,18). The Morgan fingerprint density at radius 3 is 2.33 bits per heavy atom. The van der Waals surface area contributed by atoms with Gasteiger partial charge in [0, 0.05) is 6.42 Å². The lowest BCUT2D eigenvalue weighted by Crippen LogP contribution is -2.42. The van der Waals surface area contributed by atoms with Gasteiger partial charge < -0.3 is 10.4 Å². The van der Waals surface area contributed by atoms with Gasteiger partial charge >= 0.3 is 5.97 Å². The average Bonchev–Trinajstić information content (AvgIpc) is 2.27. The maximum absolute atomic E-state index is 11.8. The number of hydrogen-bond donors (Lipinski definition) is 2. The molecule has 0 spiro atoms. The molecule has 2 unspecified atom stereocenters. The minimum atomic E-state index is -1.06. The van der Waals surface area contributed by atoms with E-state index in [4.69, 9.17) is 6.42 Å². The molecule has 0 fully saturated rings. The van der Waals surface area contributed by atoms with E-state index in [1.54, 1.807) is 20.8 Å². The zero-order valence-electron chi connectivity index (χ0n) is 11.6. The van der Waals surface area contributed by atoms with Crippen LogP contribution in [0.15, 0.2) is 0 Å². The highest BCUT2D eigenvalue weighted by Crippen LogP contribution is 2.31. The van der Waals surface area contributed by atoms with Crippen LogP contribution >= 0.6 is 0 Å². The molecule has 0 rings (SSSR count). The Balaban J connectivity index is 4.64. The molecule has 0 bridgehead atoms. The first-order valence-electron chi connectivity index (χ1n) is 6.26. The molecule has 0 saturated heterocycles. The number of carboxylic acid groups (broad SMARTS) is 1. The lowest BCUT2D eigenvalue weighted by molar-refractivity contribution is -0.153. The number of carbonyl (C=O) groups is 2. The Kier molecular flexibility index (Phi) is 6.46. The highest BCUT2D eigenvalue weighted by Gasteiger charge is 2.38. The van der Waals surface area contributed by atoms with Crippen molar-refractivity contribution >= 4 is 11.9 Å². The molecule has 1 amide bonds. The second-order valence-electron chi connectivity index (χ2n) is 5.13. The van der Waals surface area contributed by atoms with Crippen LogP contribution in [0.2, 0.25) is 0 Å². The van der Waals surface area contributed by atoms with E-state index in [2.05, 4.69) is 11.2 Å². The van der Waals surface area contributed by atoms with Crippen LogP contribution in [0, 0.1) is 23.7 Å². The minimum Gasteiger partial charge on any atom is -0.481 e. The van der Waals surface area contributed by atoms with Gasteiger partial charge in [0.15, 0.2) is 0 Å². The molecule has 2 atom stereocenters. The summed E-state index contributed by atoms with van der Waals surface area (Å²) >= 11 is 0. The summed E-state index contributed by atoms with van der Waals surface area (Å²) in [6, 6.07) is -0.312. The fraction of sp³-hybridized carbons (Fsp3) is 0.714. The minimum absolute atomic E-state index is 0.0537. The first-order chi connectivity index (χ1) is 8.27. The van der Waals surface area contributed by atoms with E-state index < -0.39 is 11.4 Å². The smallest absolute Gasteiger partial charge is 0.310 e. The van der Waals surface area contributed by atoms with Crippen molar-refractivity contribution in [1.29, 1.82) is 0 Å². The average molecular weight is 253 g/mol. The third-order valence-electron chi connectivity index (χ3n) is 3.40. The van der Waals surface area contributed by atoms with Crippen molar-refractivity contribution in [2.45, 2.75) is 53.0 Å². The molecule has 4 nitrogen and oxygen atoms in total. The molecule has 102 valence electrons. The molecule has 0 aromatic heterocycles. The first-order valence-corrected chi connectivity index (χ1v) is 6.26. The van der Waals surface area contributed by atoms with E-state index in [0.29, 0.717) is 6.42 Å². The van der Waals surface area contributed by atoms with Gasteiger partial charge in [0.05, 0.1) is 11.5 Å². The molecular weight excluding hydrogens is 230 g/mol. The Morgan fingerprint density at radius 2 is 2.00 bits per heavy atom. The summed E-state index contributed by atoms with van der Waals surface area (Å²) in [7, 11) is 0. The number of aliphatic carboxylic acids is 1. The molecular formula is C14H23NO3. The zero-order chi connectivity index (χ0) is 14.3. The Morgan fingerprint density at radius 1 is 1.44 bits per heavy atom. The number of hydrogen-bond acceptors (Lipinski definition) is 2. The van der Waals surface area contributed by atoms with Crippen LogP contribution in [0.4, 0.5) is 0 Å². The van der Waals surface area contributed by atoms with Crippen molar-refractivity contribution in [3.8, 4) is 12.3 Å². The fourth-order valence-corrected chi connectivity index (χ4v) is 1.59. The van der Waals surface area contributed by atoms with Crippen molar-refractivity contribution < 1.29 is 14.7 Å². The Labute approximate surface area is 109 Å². The summed E-state index contributed by atoms with van der Waals surface area (Å²) in [5.74, 6) is 1.11. The van der Waals surface area contributed by atoms with Gasteiger partial charge in [0.1, 0.15) is 0 Å². The van der Waals surface area contributed by atoms with Crippen LogP contribution in [-0.2, 0) is 9.59 Å². The lowest BCUT2D eigenvalue weighted by Gasteiger charge is -2.28. The van der Waals surface area contributed by atoms with E-state index in [1.165, 1.54) is 0 Å². The van der Waals surface area contributed by atoms with E-state index in [-0.39, 0.29) is 24.3 Å². The topological polar surface area (TPSA) is 66.4 Å². The number of carbonyl (C=O) groups excluding carboxylic acids is 1. The van der Waals surface area contributed by atoms with Gasteiger partial charge in [-0.25, -0.2) is 0 Å². The van der Waals surface area contributed by atoms with Gasteiger partial charge in [0.25, 0.3) is 0 Å². The molecule has 0 heterocycles. The number of nitrogens with one attached hydrogen (secondary N) is 1. The summed E-state index contributed by atoms with van der Waals surface area (Å²) in [5.41, 5.74) is -1.06. The van der Waals surface area contributed by atoms with Crippen LogP contribution in [0.5, 0.6) is 0 Å². The molecule has 18 heavy (non-hydrogen) atoms. The quantitative estimate of drug-likeness (QED) is 0.682. The highest BCUT2D eigenvalue weighted by atomic mass is 16.4. The largest absolute Gasteiger partial charge is 0.481 e. The van der Waals surface area contributed by atoms with Crippen molar-refractivity contribution in [2.75, 3.05) is 0 Å². The lowest BCUT2D eigenvalue weighted by atomic mass is 9.76. The predicted octanol–water partition coefficient (Wildman–Crippen LogP) is 2.04. The van der Waals surface area contributed by atoms with E-state index in [1.807, 2.05) is 6.92 Å². The monoisotopic (exact) mass is 253 g/mol. The van der Waals surface area contributed by atoms with Gasteiger partial charge in [0.2, 0.25) is 5.91 Å². The normalized spacial score (nSPS) is 15.6.